The van der Waals surface area contributed by atoms with Crippen LogP contribution in [0.15, 0.2) is 24.3 Å². The van der Waals surface area contributed by atoms with Crippen LogP contribution in [0.4, 0.5) is 0 Å². The van der Waals surface area contributed by atoms with Crippen molar-refractivity contribution in [2.45, 2.75) is 104 Å². The Hall–Kier alpha value is -1.92. The van der Waals surface area contributed by atoms with Crippen LogP contribution in [0.25, 0.3) is 0 Å². The molecule has 2 amide bonds. The van der Waals surface area contributed by atoms with Crippen molar-refractivity contribution < 1.29 is 9.59 Å². The Morgan fingerprint density at radius 2 is 1.31 bits per heavy atom. The molecule has 0 saturated carbocycles. The summed E-state index contributed by atoms with van der Waals surface area (Å²) in [5.74, 6) is 4.75. The summed E-state index contributed by atoms with van der Waals surface area (Å²) >= 11 is 0. The maximum Gasteiger partial charge on any atom is 0.267 e. The van der Waals surface area contributed by atoms with Gasteiger partial charge in [0.05, 0.1) is 0 Å². The molecule has 0 aliphatic heterocycles. The molecule has 0 aliphatic rings. The molecule has 0 unspecified atom stereocenters. The number of rotatable bonds is 19. The van der Waals surface area contributed by atoms with Crippen LogP contribution < -0.4 is 16.7 Å². The first-order valence-corrected chi connectivity index (χ1v) is 12.8. The number of nitrogens with one attached hydrogen (secondary N) is 2. The van der Waals surface area contributed by atoms with Crippen LogP contribution in [0.5, 0.6) is 0 Å². The fraction of sp³-hybridized carbons (Fsp3) is 0.692. The molecule has 0 bridgehead atoms. The third-order valence-corrected chi connectivity index (χ3v) is 5.82. The van der Waals surface area contributed by atoms with E-state index in [9.17, 15) is 9.59 Å². The SMILES string of the molecule is CCCCCCCCCNN(CCCCCCCCC)C(=O)c1cccc(C(=O)NN)c1. The van der Waals surface area contributed by atoms with Crippen LogP contribution in [0.1, 0.15) is 124 Å². The summed E-state index contributed by atoms with van der Waals surface area (Å²) in [6, 6.07) is 6.74. The number of nitrogen functional groups attached to an aromatic ring is 1. The van der Waals surface area contributed by atoms with Gasteiger partial charge >= 0.3 is 0 Å². The van der Waals surface area contributed by atoms with E-state index in [1.807, 2.05) is 0 Å². The van der Waals surface area contributed by atoms with Crippen molar-refractivity contribution in [1.82, 2.24) is 15.9 Å². The Balaban J connectivity index is 2.56. The van der Waals surface area contributed by atoms with Crippen molar-refractivity contribution in [3.8, 4) is 0 Å². The van der Waals surface area contributed by atoms with Gasteiger partial charge in [0.2, 0.25) is 0 Å². The minimum atomic E-state index is -0.394. The maximum absolute atomic E-state index is 13.2. The zero-order chi connectivity index (χ0) is 23.4. The fourth-order valence-electron chi connectivity index (χ4n) is 3.81. The van der Waals surface area contributed by atoms with Gasteiger partial charge in [-0.15, -0.1) is 0 Å². The quantitative estimate of drug-likeness (QED) is 0.109. The lowest BCUT2D eigenvalue weighted by Gasteiger charge is -2.24. The smallest absolute Gasteiger partial charge is 0.267 e. The molecule has 182 valence electrons. The number of hydrogen-bond donors (Lipinski definition) is 3. The van der Waals surface area contributed by atoms with Crippen LogP contribution in [0.2, 0.25) is 0 Å². The lowest BCUT2D eigenvalue weighted by Crippen LogP contribution is -2.44. The highest BCUT2D eigenvalue weighted by Crippen LogP contribution is 2.12. The summed E-state index contributed by atoms with van der Waals surface area (Å²) in [5.41, 5.74) is 6.37. The van der Waals surface area contributed by atoms with E-state index in [1.54, 1.807) is 29.3 Å². The number of unbranched alkanes of at least 4 members (excludes halogenated alkanes) is 12. The van der Waals surface area contributed by atoms with Crippen LogP contribution in [0, 0.1) is 0 Å². The summed E-state index contributed by atoms with van der Waals surface area (Å²) in [4.78, 5) is 25.0. The topological polar surface area (TPSA) is 87.5 Å². The first-order chi connectivity index (χ1) is 15.6. The average Bonchev–Trinajstić information content (AvgIpc) is 2.82. The molecule has 6 nitrogen and oxygen atoms in total. The predicted molar refractivity (Wildman–Crippen MR) is 133 cm³/mol. The second-order valence-electron chi connectivity index (χ2n) is 8.66. The van der Waals surface area contributed by atoms with Gasteiger partial charge in [0.1, 0.15) is 0 Å². The Labute approximate surface area is 195 Å². The van der Waals surface area contributed by atoms with E-state index in [-0.39, 0.29) is 5.91 Å². The highest BCUT2D eigenvalue weighted by atomic mass is 16.2. The fourth-order valence-corrected chi connectivity index (χ4v) is 3.81. The summed E-state index contributed by atoms with van der Waals surface area (Å²) in [5, 5.41) is 1.74. The Morgan fingerprint density at radius 3 is 1.91 bits per heavy atom. The molecule has 0 aromatic heterocycles. The largest absolute Gasteiger partial charge is 0.290 e. The number of nitrogens with zero attached hydrogens (tertiary/aromatic N) is 1. The number of carbonyl (C=O) groups is 2. The van der Waals surface area contributed by atoms with Crippen molar-refractivity contribution in [3.05, 3.63) is 35.4 Å². The minimum Gasteiger partial charge on any atom is -0.290 e. The highest BCUT2D eigenvalue weighted by Gasteiger charge is 2.17. The minimum absolute atomic E-state index is 0.0920. The van der Waals surface area contributed by atoms with Crippen LogP contribution in [-0.2, 0) is 0 Å². The van der Waals surface area contributed by atoms with E-state index < -0.39 is 5.91 Å². The number of nitrogens with two attached hydrogens (primary N) is 1. The molecule has 1 rings (SSSR count). The van der Waals surface area contributed by atoms with E-state index in [0.717, 1.165) is 25.8 Å². The number of benzene rings is 1. The third kappa shape index (κ3) is 12.2. The van der Waals surface area contributed by atoms with Gasteiger partial charge in [0.25, 0.3) is 11.8 Å². The van der Waals surface area contributed by atoms with Gasteiger partial charge in [-0.1, -0.05) is 97.0 Å². The molecular weight excluding hydrogens is 400 g/mol. The molecule has 0 saturated heterocycles. The summed E-state index contributed by atoms with van der Waals surface area (Å²) in [6.45, 7) is 5.93. The van der Waals surface area contributed by atoms with Crippen molar-refractivity contribution in [2.75, 3.05) is 13.1 Å². The first-order valence-electron chi connectivity index (χ1n) is 12.8. The van der Waals surface area contributed by atoms with Crippen molar-refractivity contribution in [1.29, 1.82) is 0 Å². The van der Waals surface area contributed by atoms with Crippen LogP contribution >= 0.6 is 0 Å². The van der Waals surface area contributed by atoms with Crippen molar-refractivity contribution >= 4 is 11.8 Å². The summed E-state index contributed by atoms with van der Waals surface area (Å²) in [6.07, 6.45) is 17.1. The zero-order valence-electron chi connectivity index (χ0n) is 20.5. The van der Waals surface area contributed by atoms with Gasteiger partial charge in [-0.2, -0.15) is 0 Å². The molecule has 6 heteroatoms. The van der Waals surface area contributed by atoms with E-state index in [0.29, 0.717) is 17.7 Å². The third-order valence-electron chi connectivity index (χ3n) is 5.82. The standard InChI is InChI=1S/C26H46N4O2/c1-3-5-7-9-11-13-15-20-28-30(21-16-14-12-10-8-6-4-2)26(32)24-19-17-18-23(22-24)25(31)29-27/h17-19,22,28H,3-16,20-21,27H2,1-2H3,(H,29,31). The molecule has 0 atom stereocenters. The Bertz CT molecular complexity index is 636. The van der Waals surface area contributed by atoms with Gasteiger partial charge in [0, 0.05) is 24.2 Å². The van der Waals surface area contributed by atoms with Crippen LogP contribution in [0.3, 0.4) is 0 Å². The first kappa shape index (κ1) is 28.1. The van der Waals surface area contributed by atoms with E-state index in [4.69, 9.17) is 5.84 Å². The van der Waals surface area contributed by atoms with Gasteiger partial charge in [-0.05, 0) is 31.0 Å². The van der Waals surface area contributed by atoms with Crippen molar-refractivity contribution in [3.63, 3.8) is 0 Å². The number of amides is 2. The molecule has 0 heterocycles. The highest BCUT2D eigenvalue weighted by molar-refractivity contribution is 5.99. The number of carbonyl (C=O) groups excluding carboxylic acids is 2. The van der Waals surface area contributed by atoms with Gasteiger partial charge in [0.15, 0.2) is 0 Å². The molecule has 0 spiro atoms. The lowest BCUT2D eigenvalue weighted by atomic mass is 10.1. The Kier molecular flexibility index (Phi) is 16.4. The molecule has 1 aromatic carbocycles. The predicted octanol–water partition coefficient (Wildman–Crippen LogP) is 5.74. The van der Waals surface area contributed by atoms with Gasteiger partial charge < -0.3 is 0 Å². The second kappa shape index (κ2) is 18.6. The monoisotopic (exact) mass is 446 g/mol. The van der Waals surface area contributed by atoms with Gasteiger partial charge in [-0.3, -0.25) is 20.0 Å². The molecule has 1 aromatic rings. The van der Waals surface area contributed by atoms with E-state index >= 15 is 0 Å². The summed E-state index contributed by atoms with van der Waals surface area (Å²) < 4.78 is 0. The van der Waals surface area contributed by atoms with Crippen molar-refractivity contribution in [2.24, 2.45) is 5.84 Å². The molecule has 32 heavy (non-hydrogen) atoms. The average molecular weight is 447 g/mol. The second-order valence-corrected chi connectivity index (χ2v) is 8.66. The molecule has 0 aliphatic carbocycles. The van der Waals surface area contributed by atoms with Crippen LogP contribution in [-0.4, -0.2) is 29.9 Å². The number of hydrogen-bond acceptors (Lipinski definition) is 4. The molecule has 0 radical (unpaired) electrons. The molecule has 0 fully saturated rings. The number of hydrazine groups is 2. The molecule has 4 N–H and O–H groups in total. The van der Waals surface area contributed by atoms with E-state index in [2.05, 4.69) is 24.7 Å². The Morgan fingerprint density at radius 1 is 0.781 bits per heavy atom. The summed E-state index contributed by atoms with van der Waals surface area (Å²) in [7, 11) is 0. The maximum atomic E-state index is 13.2. The lowest BCUT2D eigenvalue weighted by molar-refractivity contribution is 0.0652. The van der Waals surface area contributed by atoms with Gasteiger partial charge in [-0.25, -0.2) is 11.3 Å². The van der Waals surface area contributed by atoms with E-state index in [1.165, 1.54) is 70.6 Å². The molecular formula is C26H46N4O2. The zero-order valence-corrected chi connectivity index (χ0v) is 20.5. The normalized spacial score (nSPS) is 10.8.